The van der Waals surface area contributed by atoms with E-state index in [-0.39, 0.29) is 11.2 Å². The zero-order valence-electron chi connectivity index (χ0n) is 12.7. The Bertz CT molecular complexity index is 631. The van der Waals surface area contributed by atoms with E-state index in [4.69, 9.17) is 4.98 Å². The Morgan fingerprint density at radius 3 is 2.67 bits per heavy atom. The molecule has 1 aromatic carbocycles. The lowest BCUT2D eigenvalue weighted by atomic mass is 9.85. The Morgan fingerprint density at radius 1 is 1.29 bits per heavy atom. The Kier molecular flexibility index (Phi) is 3.84. The SMILES string of the molecule is CNC1CCCc2nc(C(C)(C)c3ccc(F)cc3)sc21. The molecule has 1 atom stereocenters. The lowest BCUT2D eigenvalue weighted by molar-refractivity contribution is 0.500. The van der Waals surface area contributed by atoms with Crippen molar-refractivity contribution in [3.05, 3.63) is 51.2 Å². The maximum atomic E-state index is 13.1. The number of nitrogens with zero attached hydrogens (tertiary/aromatic N) is 1. The monoisotopic (exact) mass is 304 g/mol. The van der Waals surface area contributed by atoms with Gasteiger partial charge < -0.3 is 5.32 Å². The summed E-state index contributed by atoms with van der Waals surface area (Å²) in [5.41, 5.74) is 2.17. The minimum absolute atomic E-state index is 0.187. The van der Waals surface area contributed by atoms with Gasteiger partial charge in [0.05, 0.1) is 5.69 Å². The van der Waals surface area contributed by atoms with Crippen LogP contribution < -0.4 is 5.32 Å². The summed E-state index contributed by atoms with van der Waals surface area (Å²) in [6, 6.07) is 7.22. The molecule has 2 aromatic rings. The van der Waals surface area contributed by atoms with Gasteiger partial charge in [-0.1, -0.05) is 12.1 Å². The highest BCUT2D eigenvalue weighted by Gasteiger charge is 2.31. The van der Waals surface area contributed by atoms with Crippen molar-refractivity contribution in [1.82, 2.24) is 10.3 Å². The van der Waals surface area contributed by atoms with E-state index < -0.39 is 0 Å². The van der Waals surface area contributed by atoms with Crippen molar-refractivity contribution >= 4 is 11.3 Å². The molecule has 2 nitrogen and oxygen atoms in total. The van der Waals surface area contributed by atoms with Crippen molar-refractivity contribution < 1.29 is 4.39 Å². The lowest BCUT2D eigenvalue weighted by Crippen LogP contribution is -2.20. The summed E-state index contributed by atoms with van der Waals surface area (Å²) in [5.74, 6) is -0.191. The molecule has 3 rings (SSSR count). The molecule has 1 N–H and O–H groups in total. The first-order valence-corrected chi connectivity index (χ1v) is 8.27. The van der Waals surface area contributed by atoms with Crippen LogP contribution in [0.3, 0.4) is 0 Å². The van der Waals surface area contributed by atoms with E-state index in [0.717, 1.165) is 17.0 Å². The first kappa shape index (κ1) is 14.7. The van der Waals surface area contributed by atoms with Gasteiger partial charge in [-0.2, -0.15) is 0 Å². The number of rotatable bonds is 3. The highest BCUT2D eigenvalue weighted by Crippen LogP contribution is 2.40. The smallest absolute Gasteiger partial charge is 0.123 e. The summed E-state index contributed by atoms with van der Waals surface area (Å²) in [4.78, 5) is 6.29. The van der Waals surface area contributed by atoms with Gasteiger partial charge >= 0.3 is 0 Å². The van der Waals surface area contributed by atoms with Crippen LogP contribution in [-0.2, 0) is 11.8 Å². The van der Waals surface area contributed by atoms with Crippen LogP contribution in [0.4, 0.5) is 4.39 Å². The average Bonchev–Trinajstić information content (AvgIpc) is 2.92. The zero-order chi connectivity index (χ0) is 15.0. The van der Waals surface area contributed by atoms with Crippen LogP contribution in [0.15, 0.2) is 24.3 Å². The van der Waals surface area contributed by atoms with E-state index in [1.165, 1.54) is 35.5 Å². The lowest BCUT2D eigenvalue weighted by Gasteiger charge is -2.22. The topological polar surface area (TPSA) is 24.9 Å². The first-order chi connectivity index (χ1) is 10.0. The number of fused-ring (bicyclic) bond motifs is 1. The van der Waals surface area contributed by atoms with E-state index in [9.17, 15) is 4.39 Å². The van der Waals surface area contributed by atoms with E-state index in [2.05, 4.69) is 19.2 Å². The molecule has 112 valence electrons. The van der Waals surface area contributed by atoms with E-state index in [1.54, 1.807) is 11.3 Å². The maximum absolute atomic E-state index is 13.1. The van der Waals surface area contributed by atoms with Gasteiger partial charge in [-0.15, -0.1) is 11.3 Å². The third kappa shape index (κ3) is 2.62. The van der Waals surface area contributed by atoms with Crippen molar-refractivity contribution in [2.45, 2.75) is 44.6 Å². The average molecular weight is 304 g/mol. The third-order valence-corrected chi connectivity index (χ3v) is 5.93. The molecule has 0 aliphatic heterocycles. The standard InChI is InChI=1S/C17H21FN2S/c1-17(2,11-7-9-12(18)10-8-11)16-20-14-6-4-5-13(19-3)15(14)21-16/h7-10,13,19H,4-6H2,1-3H3. The summed E-state index contributed by atoms with van der Waals surface area (Å²) in [7, 11) is 2.02. The van der Waals surface area contributed by atoms with Crippen LogP contribution in [0.2, 0.25) is 0 Å². The molecular weight excluding hydrogens is 283 g/mol. The Balaban J connectivity index is 1.99. The number of thiazole rings is 1. The molecule has 1 unspecified atom stereocenters. The zero-order valence-corrected chi connectivity index (χ0v) is 13.6. The molecule has 0 spiro atoms. The van der Waals surface area contributed by atoms with Gasteiger partial charge in [-0.05, 0) is 57.9 Å². The minimum atomic E-state index is -0.191. The summed E-state index contributed by atoms with van der Waals surface area (Å²) in [6.45, 7) is 4.33. The van der Waals surface area contributed by atoms with Gasteiger partial charge in [0.25, 0.3) is 0 Å². The maximum Gasteiger partial charge on any atom is 0.123 e. The van der Waals surface area contributed by atoms with Crippen LogP contribution in [0.1, 0.15) is 53.9 Å². The van der Waals surface area contributed by atoms with Gasteiger partial charge in [0.2, 0.25) is 0 Å². The molecule has 4 heteroatoms. The fraction of sp³-hybridized carbons (Fsp3) is 0.471. The van der Waals surface area contributed by atoms with Gasteiger partial charge in [-0.3, -0.25) is 0 Å². The summed E-state index contributed by atoms with van der Waals surface area (Å²) in [5, 5.41) is 4.52. The van der Waals surface area contributed by atoms with Crippen molar-refractivity contribution in [1.29, 1.82) is 0 Å². The van der Waals surface area contributed by atoms with Crippen molar-refractivity contribution in [3.63, 3.8) is 0 Å². The Morgan fingerprint density at radius 2 is 2.00 bits per heavy atom. The molecule has 21 heavy (non-hydrogen) atoms. The molecule has 0 bridgehead atoms. The number of hydrogen-bond acceptors (Lipinski definition) is 3. The molecule has 0 fully saturated rings. The molecular formula is C17H21FN2S. The van der Waals surface area contributed by atoms with Crippen molar-refractivity contribution in [2.75, 3.05) is 7.05 Å². The minimum Gasteiger partial charge on any atom is -0.312 e. The molecule has 0 amide bonds. The normalized spacial score (nSPS) is 18.6. The predicted octanol–water partition coefficient (Wildman–Crippen LogP) is 4.20. The van der Waals surface area contributed by atoms with Crippen LogP contribution in [0, 0.1) is 5.82 Å². The van der Waals surface area contributed by atoms with E-state index >= 15 is 0 Å². The largest absolute Gasteiger partial charge is 0.312 e. The Labute approximate surface area is 129 Å². The number of hydrogen-bond donors (Lipinski definition) is 1. The fourth-order valence-corrected chi connectivity index (χ4v) is 4.33. The molecule has 1 heterocycles. The number of aryl methyl sites for hydroxylation is 1. The summed E-state index contributed by atoms with van der Waals surface area (Å²) < 4.78 is 13.1. The fourth-order valence-electron chi connectivity index (χ4n) is 2.95. The molecule has 1 aliphatic carbocycles. The number of benzene rings is 1. The molecule has 1 aliphatic rings. The predicted molar refractivity (Wildman–Crippen MR) is 85.4 cm³/mol. The van der Waals surface area contributed by atoms with Crippen LogP contribution in [0.5, 0.6) is 0 Å². The molecule has 0 saturated heterocycles. The van der Waals surface area contributed by atoms with Crippen LogP contribution in [0.25, 0.3) is 0 Å². The quantitative estimate of drug-likeness (QED) is 0.919. The number of halogens is 1. The summed E-state index contributed by atoms with van der Waals surface area (Å²) in [6.07, 6.45) is 3.45. The van der Waals surface area contributed by atoms with Gasteiger partial charge in [-0.25, -0.2) is 9.37 Å². The van der Waals surface area contributed by atoms with Crippen molar-refractivity contribution in [2.24, 2.45) is 0 Å². The van der Waals surface area contributed by atoms with E-state index in [0.29, 0.717) is 6.04 Å². The molecule has 0 saturated carbocycles. The van der Waals surface area contributed by atoms with Gasteiger partial charge in [0, 0.05) is 16.3 Å². The van der Waals surface area contributed by atoms with E-state index in [1.807, 2.05) is 19.2 Å². The number of nitrogens with one attached hydrogen (secondary N) is 1. The Hall–Kier alpha value is -1.26. The second kappa shape index (κ2) is 5.50. The second-order valence-electron chi connectivity index (χ2n) is 6.20. The van der Waals surface area contributed by atoms with Gasteiger partial charge in [0.1, 0.15) is 10.8 Å². The highest BCUT2D eigenvalue weighted by atomic mass is 32.1. The molecule has 0 radical (unpaired) electrons. The van der Waals surface area contributed by atoms with Crippen LogP contribution >= 0.6 is 11.3 Å². The van der Waals surface area contributed by atoms with Gasteiger partial charge in [0.15, 0.2) is 0 Å². The number of aromatic nitrogens is 1. The van der Waals surface area contributed by atoms with Crippen LogP contribution in [-0.4, -0.2) is 12.0 Å². The highest BCUT2D eigenvalue weighted by molar-refractivity contribution is 7.12. The third-order valence-electron chi connectivity index (χ3n) is 4.40. The molecule has 1 aromatic heterocycles. The first-order valence-electron chi connectivity index (χ1n) is 7.45. The van der Waals surface area contributed by atoms with Crippen molar-refractivity contribution in [3.8, 4) is 0 Å². The summed E-state index contributed by atoms with van der Waals surface area (Å²) >= 11 is 1.81. The second-order valence-corrected chi connectivity index (χ2v) is 7.23.